The number of carboxylic acid groups (broad SMARTS) is 2. The summed E-state index contributed by atoms with van der Waals surface area (Å²) in [5.74, 6) is -5.96. The zero-order valence-corrected chi connectivity index (χ0v) is 21.9. The van der Waals surface area contributed by atoms with Gasteiger partial charge in [-0.1, -0.05) is 12.1 Å². The fourth-order valence-corrected chi connectivity index (χ4v) is 3.39. The van der Waals surface area contributed by atoms with E-state index >= 15 is 0 Å². The minimum Gasteiger partial charge on any atom is -0.508 e. The highest BCUT2D eigenvalue weighted by molar-refractivity contribution is 7.80. The van der Waals surface area contributed by atoms with E-state index in [9.17, 15) is 33.9 Å². The molecule has 4 atom stereocenters. The van der Waals surface area contributed by atoms with Gasteiger partial charge in [-0.15, -0.1) is 0 Å². The quantitative estimate of drug-likeness (QED) is 0.0944. The van der Waals surface area contributed by atoms with Gasteiger partial charge in [-0.05, 0) is 24.1 Å². The summed E-state index contributed by atoms with van der Waals surface area (Å²) in [5, 5.41) is 36.5. The Morgan fingerprint density at radius 3 is 1.95 bits per heavy atom. The molecule has 210 valence electrons. The summed E-state index contributed by atoms with van der Waals surface area (Å²) in [7, 11) is 0. The van der Waals surface area contributed by atoms with Gasteiger partial charge in [0.1, 0.15) is 23.9 Å². The van der Waals surface area contributed by atoms with E-state index in [2.05, 4.69) is 46.5 Å². The zero-order valence-electron chi connectivity index (χ0n) is 20.1. The largest absolute Gasteiger partial charge is 0.508 e. The van der Waals surface area contributed by atoms with Gasteiger partial charge in [0, 0.05) is 24.3 Å². The second kappa shape index (κ2) is 16.4. The molecule has 4 amide bonds. The Labute approximate surface area is 228 Å². The number of nitrogens with one attached hydrogen (secondary N) is 4. The van der Waals surface area contributed by atoms with E-state index in [-0.39, 0.29) is 30.1 Å². The lowest BCUT2D eigenvalue weighted by Gasteiger charge is -2.23. The third-order valence-electron chi connectivity index (χ3n) is 5.06. The molecule has 0 saturated carbocycles. The molecule has 0 bridgehead atoms. The van der Waals surface area contributed by atoms with E-state index in [0.717, 1.165) is 0 Å². The molecular formula is C22H31N5O9S2. The van der Waals surface area contributed by atoms with Crippen molar-refractivity contribution >= 4 is 60.8 Å². The molecule has 0 aliphatic rings. The first-order chi connectivity index (χ1) is 17.9. The molecule has 14 nitrogen and oxygen atoms in total. The molecule has 0 saturated heterocycles. The van der Waals surface area contributed by atoms with Gasteiger partial charge in [0.2, 0.25) is 23.6 Å². The van der Waals surface area contributed by atoms with Crippen LogP contribution in [0, 0.1) is 0 Å². The molecule has 38 heavy (non-hydrogen) atoms. The molecule has 0 unspecified atom stereocenters. The van der Waals surface area contributed by atoms with Crippen molar-refractivity contribution in [2.75, 3.05) is 18.1 Å². The first-order valence-electron chi connectivity index (χ1n) is 11.3. The molecule has 0 aromatic heterocycles. The van der Waals surface area contributed by atoms with E-state index in [4.69, 9.17) is 15.9 Å². The zero-order chi connectivity index (χ0) is 28.8. The van der Waals surface area contributed by atoms with Crippen LogP contribution >= 0.6 is 25.3 Å². The van der Waals surface area contributed by atoms with Gasteiger partial charge in [-0.2, -0.15) is 25.3 Å². The molecular weight excluding hydrogens is 542 g/mol. The molecule has 0 spiro atoms. The number of carbonyl (C=O) groups excluding carboxylic acids is 4. The summed E-state index contributed by atoms with van der Waals surface area (Å²) >= 11 is 8.01. The van der Waals surface area contributed by atoms with E-state index in [1.54, 1.807) is 12.1 Å². The number of phenols is 1. The number of amides is 4. The van der Waals surface area contributed by atoms with Crippen LogP contribution in [0.3, 0.4) is 0 Å². The number of aliphatic carboxylic acids is 2. The summed E-state index contributed by atoms with van der Waals surface area (Å²) in [6, 6.07) is 1.02. The Hall–Kier alpha value is -3.50. The molecule has 0 radical (unpaired) electrons. The number of phenolic OH excluding ortho intramolecular Hbond substituents is 1. The molecule has 0 aliphatic carbocycles. The van der Waals surface area contributed by atoms with Crippen molar-refractivity contribution in [2.24, 2.45) is 5.73 Å². The Bertz CT molecular complexity index is 1010. The third kappa shape index (κ3) is 11.7. The van der Waals surface area contributed by atoms with Crippen LogP contribution in [0.15, 0.2) is 24.3 Å². The van der Waals surface area contributed by atoms with Crippen LogP contribution in [0.25, 0.3) is 0 Å². The lowest BCUT2D eigenvalue weighted by Crippen LogP contribution is -2.57. The third-order valence-corrected chi connectivity index (χ3v) is 5.82. The molecule has 1 rings (SSSR count). The van der Waals surface area contributed by atoms with Gasteiger partial charge in [0.25, 0.3) is 0 Å². The highest BCUT2D eigenvalue weighted by atomic mass is 32.1. The first-order valence-corrected chi connectivity index (χ1v) is 12.5. The normalized spacial score (nSPS) is 13.8. The lowest BCUT2D eigenvalue weighted by atomic mass is 10.0. The summed E-state index contributed by atoms with van der Waals surface area (Å²) in [6.07, 6.45) is -0.851. The topological polar surface area (TPSA) is 237 Å². The van der Waals surface area contributed by atoms with Gasteiger partial charge >= 0.3 is 11.9 Å². The monoisotopic (exact) mass is 573 g/mol. The number of thiol groups is 2. The number of carbonyl (C=O) groups is 6. The highest BCUT2D eigenvalue weighted by Crippen LogP contribution is 2.12. The highest BCUT2D eigenvalue weighted by Gasteiger charge is 2.28. The summed E-state index contributed by atoms with van der Waals surface area (Å²) in [4.78, 5) is 71.7. The molecule has 0 aliphatic heterocycles. The van der Waals surface area contributed by atoms with Crippen molar-refractivity contribution in [3.63, 3.8) is 0 Å². The fourth-order valence-electron chi connectivity index (χ4n) is 2.97. The molecule has 0 heterocycles. The predicted molar refractivity (Wildman–Crippen MR) is 141 cm³/mol. The standard InChI is InChI=1S/C22H31N5O9S2/c23-13(9-37)19(32)26-15(7-11-1-3-12(28)4-2-11)21(34)27-16(10-38)20(33)24-8-17(29)25-14(22(35)36)5-6-18(30)31/h1-4,13-16,28,37-38H,5-10,23H2,(H,24,33)(H,25,29)(H,26,32)(H,27,34)(H,30,31)(H,35,36)/t13-,14-,15-,16-/m0/s1. The number of benzene rings is 1. The molecule has 0 fully saturated rings. The predicted octanol–water partition coefficient (Wildman–Crippen LogP) is -2.36. The summed E-state index contributed by atoms with van der Waals surface area (Å²) < 4.78 is 0. The van der Waals surface area contributed by atoms with Crippen molar-refractivity contribution in [1.82, 2.24) is 21.3 Å². The van der Waals surface area contributed by atoms with Crippen LogP contribution in [0.5, 0.6) is 5.75 Å². The van der Waals surface area contributed by atoms with E-state index in [1.165, 1.54) is 12.1 Å². The maximum absolute atomic E-state index is 13.0. The van der Waals surface area contributed by atoms with Gasteiger partial charge in [-0.3, -0.25) is 24.0 Å². The van der Waals surface area contributed by atoms with Gasteiger partial charge in [0.15, 0.2) is 0 Å². The van der Waals surface area contributed by atoms with E-state index in [0.29, 0.717) is 5.56 Å². The van der Waals surface area contributed by atoms with E-state index in [1.807, 2.05) is 0 Å². The number of aromatic hydroxyl groups is 1. The maximum atomic E-state index is 13.0. The Kier molecular flexibility index (Phi) is 14.0. The molecule has 1 aromatic rings. The maximum Gasteiger partial charge on any atom is 0.326 e. The minimum atomic E-state index is -1.47. The van der Waals surface area contributed by atoms with Gasteiger partial charge in [0.05, 0.1) is 12.6 Å². The Morgan fingerprint density at radius 2 is 1.42 bits per heavy atom. The SMILES string of the molecule is N[C@@H](CS)C(=O)N[C@@H](Cc1ccc(O)cc1)C(=O)N[C@@H](CS)C(=O)NCC(=O)N[C@@H](CCC(=O)O)C(=O)O. The molecule has 16 heteroatoms. The van der Waals surface area contributed by atoms with E-state index < -0.39 is 72.7 Å². The first kappa shape index (κ1) is 32.5. The van der Waals surface area contributed by atoms with Crippen LogP contribution in [0.4, 0.5) is 0 Å². The van der Waals surface area contributed by atoms with Crippen LogP contribution < -0.4 is 27.0 Å². The Morgan fingerprint density at radius 1 is 0.816 bits per heavy atom. The minimum absolute atomic E-state index is 0.00305. The van der Waals surface area contributed by atoms with Crippen molar-refractivity contribution in [3.8, 4) is 5.75 Å². The van der Waals surface area contributed by atoms with Gasteiger partial charge < -0.3 is 42.3 Å². The van der Waals surface area contributed by atoms with Crippen molar-refractivity contribution < 1.29 is 44.1 Å². The van der Waals surface area contributed by atoms with Gasteiger partial charge in [-0.25, -0.2) is 4.79 Å². The summed E-state index contributed by atoms with van der Waals surface area (Å²) in [6.45, 7) is -0.652. The number of hydrogen-bond acceptors (Lipinski definition) is 10. The van der Waals surface area contributed by atoms with Crippen LogP contribution in [-0.2, 0) is 35.2 Å². The lowest BCUT2D eigenvalue weighted by molar-refractivity contribution is -0.143. The second-order valence-corrected chi connectivity index (χ2v) is 8.80. The Balaban J connectivity index is 2.82. The van der Waals surface area contributed by atoms with Crippen molar-refractivity contribution in [3.05, 3.63) is 29.8 Å². The summed E-state index contributed by atoms with van der Waals surface area (Å²) in [5.41, 5.74) is 6.26. The number of hydrogen-bond donors (Lipinski definition) is 10. The average molecular weight is 574 g/mol. The number of nitrogens with two attached hydrogens (primary N) is 1. The van der Waals surface area contributed by atoms with Crippen LogP contribution in [0.1, 0.15) is 18.4 Å². The number of rotatable bonds is 16. The molecule has 9 N–H and O–H groups in total. The van der Waals surface area contributed by atoms with Crippen molar-refractivity contribution in [1.29, 1.82) is 0 Å². The molecule has 1 aromatic carbocycles. The fraction of sp³-hybridized carbons (Fsp3) is 0.455. The smallest absolute Gasteiger partial charge is 0.326 e. The average Bonchev–Trinajstić information content (AvgIpc) is 2.87. The van der Waals surface area contributed by atoms with Crippen LogP contribution in [0.2, 0.25) is 0 Å². The van der Waals surface area contributed by atoms with Crippen molar-refractivity contribution in [2.45, 2.75) is 43.4 Å². The second-order valence-electron chi connectivity index (χ2n) is 8.07. The van der Waals surface area contributed by atoms with Crippen LogP contribution in [-0.4, -0.2) is 93.1 Å². The number of carboxylic acids is 2.